The zero-order valence-electron chi connectivity index (χ0n) is 21.2. The molecule has 36 heavy (non-hydrogen) atoms. The molecule has 0 bridgehead atoms. The number of benzene rings is 3. The monoisotopic (exact) mass is 481 g/mol. The van der Waals surface area contributed by atoms with E-state index in [1.165, 1.54) is 55.4 Å². The Morgan fingerprint density at radius 2 is 1.67 bits per heavy atom. The van der Waals surface area contributed by atoms with Crippen LogP contribution in [0.25, 0.3) is 22.6 Å². The summed E-state index contributed by atoms with van der Waals surface area (Å²) >= 11 is 0. The van der Waals surface area contributed by atoms with Crippen LogP contribution in [0.5, 0.6) is 0 Å². The van der Waals surface area contributed by atoms with E-state index in [4.69, 9.17) is 0 Å². The lowest BCUT2D eigenvalue weighted by molar-refractivity contribution is 0.322. The van der Waals surface area contributed by atoms with Crippen LogP contribution in [-0.2, 0) is 13.0 Å². The van der Waals surface area contributed by atoms with E-state index >= 15 is 0 Å². The van der Waals surface area contributed by atoms with E-state index in [1.54, 1.807) is 17.7 Å². The lowest BCUT2D eigenvalue weighted by Gasteiger charge is -2.22. The molecule has 0 amide bonds. The molecule has 1 fully saturated rings. The second kappa shape index (κ2) is 11.7. The van der Waals surface area contributed by atoms with Crippen LogP contribution in [0.2, 0.25) is 0 Å². The second-order valence-corrected chi connectivity index (χ2v) is 10.3. The highest BCUT2D eigenvalue weighted by Crippen LogP contribution is 2.33. The highest BCUT2D eigenvalue weighted by Gasteiger charge is 2.15. The van der Waals surface area contributed by atoms with Crippen LogP contribution < -0.4 is 0 Å². The zero-order valence-corrected chi connectivity index (χ0v) is 21.2. The van der Waals surface area contributed by atoms with E-state index in [-0.39, 0.29) is 5.82 Å². The molecule has 1 N–H and O–H groups in total. The maximum absolute atomic E-state index is 13.2. The Labute approximate surface area is 214 Å². The van der Waals surface area contributed by atoms with Crippen molar-refractivity contribution in [2.24, 2.45) is 0 Å². The molecule has 4 aromatic rings. The molecule has 1 aliphatic rings. The number of halogens is 1. The van der Waals surface area contributed by atoms with Crippen molar-refractivity contribution in [1.82, 2.24) is 14.9 Å². The van der Waals surface area contributed by atoms with E-state index in [0.717, 1.165) is 54.5 Å². The average molecular weight is 482 g/mol. The minimum Gasteiger partial charge on any atom is -0.338 e. The van der Waals surface area contributed by atoms with Gasteiger partial charge in [0.25, 0.3) is 0 Å². The first-order valence-corrected chi connectivity index (χ1v) is 13.3. The maximum Gasteiger partial charge on any atom is 0.137 e. The fourth-order valence-corrected chi connectivity index (χ4v) is 5.44. The van der Waals surface area contributed by atoms with Gasteiger partial charge in [-0.3, -0.25) is 0 Å². The second-order valence-electron chi connectivity index (χ2n) is 10.3. The van der Waals surface area contributed by atoms with Gasteiger partial charge >= 0.3 is 0 Å². The molecule has 0 unspecified atom stereocenters. The van der Waals surface area contributed by atoms with Crippen LogP contribution in [0, 0.1) is 5.82 Å². The summed E-state index contributed by atoms with van der Waals surface area (Å²) < 4.78 is 13.2. The fraction of sp³-hybridized carbons (Fsp3) is 0.344. The number of hydrogen-bond acceptors (Lipinski definition) is 2. The molecule has 3 nitrogen and oxygen atoms in total. The number of nitrogens with one attached hydrogen (secondary N) is 1. The number of nitrogens with zero attached hydrogens (tertiary/aromatic N) is 2. The summed E-state index contributed by atoms with van der Waals surface area (Å²) in [7, 11) is 2.20. The molecule has 186 valence electrons. The third-order valence-corrected chi connectivity index (χ3v) is 7.42. The van der Waals surface area contributed by atoms with Crippen molar-refractivity contribution in [2.45, 2.75) is 57.4 Å². The third-order valence-electron chi connectivity index (χ3n) is 7.42. The highest BCUT2D eigenvalue weighted by molar-refractivity contribution is 5.64. The Morgan fingerprint density at radius 3 is 2.50 bits per heavy atom. The van der Waals surface area contributed by atoms with Crippen molar-refractivity contribution >= 4 is 0 Å². The number of imidazole rings is 1. The minimum absolute atomic E-state index is 0.240. The lowest BCUT2D eigenvalue weighted by atomic mass is 9.83. The summed E-state index contributed by atoms with van der Waals surface area (Å²) in [5, 5.41) is 0. The molecule has 0 saturated heterocycles. The standard InChI is InChI=1S/C32H36FN3/c1-36(19-7-10-24-8-5-13-28(20-24)26-11-3-2-4-12-26)23-25-9-6-14-29(21-25)31-22-34-32(35-31)27-15-17-30(33)18-16-27/h5-6,8-9,13-18,20-22,26H,2-4,7,10-12,19,23H2,1H3,(H,34,35). The topological polar surface area (TPSA) is 31.9 Å². The van der Waals surface area contributed by atoms with Crippen molar-refractivity contribution in [3.05, 3.63) is 102 Å². The highest BCUT2D eigenvalue weighted by atomic mass is 19.1. The summed E-state index contributed by atoms with van der Waals surface area (Å²) in [4.78, 5) is 10.3. The van der Waals surface area contributed by atoms with Crippen molar-refractivity contribution < 1.29 is 4.39 Å². The molecule has 1 saturated carbocycles. The summed E-state index contributed by atoms with van der Waals surface area (Å²) in [6.45, 7) is 1.98. The predicted octanol–water partition coefficient (Wildman–Crippen LogP) is 8.00. The molecule has 1 heterocycles. The molecular weight excluding hydrogens is 445 g/mol. The zero-order chi connectivity index (χ0) is 24.7. The lowest BCUT2D eigenvalue weighted by Crippen LogP contribution is -2.19. The maximum atomic E-state index is 13.2. The van der Waals surface area contributed by atoms with Crippen LogP contribution in [0.3, 0.4) is 0 Å². The number of aromatic nitrogens is 2. The Kier molecular flexibility index (Phi) is 7.92. The molecule has 0 spiro atoms. The average Bonchev–Trinajstić information content (AvgIpc) is 3.40. The summed E-state index contributed by atoms with van der Waals surface area (Å²) in [6, 6.07) is 24.4. The van der Waals surface area contributed by atoms with E-state index in [9.17, 15) is 4.39 Å². The van der Waals surface area contributed by atoms with Crippen molar-refractivity contribution in [2.75, 3.05) is 13.6 Å². The van der Waals surface area contributed by atoms with Gasteiger partial charge in [0.1, 0.15) is 11.6 Å². The van der Waals surface area contributed by atoms with Crippen LogP contribution in [0.15, 0.2) is 79.0 Å². The summed E-state index contributed by atoms with van der Waals surface area (Å²) in [5.74, 6) is 1.28. The Balaban J connectivity index is 1.15. The van der Waals surface area contributed by atoms with Crippen LogP contribution in [0.1, 0.15) is 61.1 Å². The molecule has 0 atom stereocenters. The molecule has 0 aliphatic heterocycles. The summed E-state index contributed by atoms with van der Waals surface area (Å²) in [6.07, 6.45) is 11.0. The molecule has 0 radical (unpaired) electrons. The molecule has 4 heteroatoms. The van der Waals surface area contributed by atoms with Gasteiger partial charge in [0.2, 0.25) is 0 Å². The first kappa shape index (κ1) is 24.5. The van der Waals surface area contributed by atoms with Gasteiger partial charge in [0.05, 0.1) is 11.9 Å². The first-order chi connectivity index (χ1) is 17.6. The van der Waals surface area contributed by atoms with Crippen molar-refractivity contribution in [3.8, 4) is 22.6 Å². The Hall–Kier alpha value is -3.24. The van der Waals surface area contributed by atoms with Gasteiger partial charge in [-0.25, -0.2) is 9.37 Å². The van der Waals surface area contributed by atoms with Gasteiger partial charge in [0, 0.05) is 12.1 Å². The fourth-order valence-electron chi connectivity index (χ4n) is 5.44. The van der Waals surface area contributed by atoms with E-state index in [1.807, 2.05) is 6.20 Å². The van der Waals surface area contributed by atoms with Gasteiger partial charge in [-0.1, -0.05) is 61.7 Å². The normalized spacial score (nSPS) is 14.4. The van der Waals surface area contributed by atoms with E-state index in [0.29, 0.717) is 0 Å². The first-order valence-electron chi connectivity index (χ1n) is 13.3. The SMILES string of the molecule is CN(CCCc1cccc(C2CCCCC2)c1)Cc1cccc(-c2cnc(-c3ccc(F)cc3)[nH]2)c1. The van der Waals surface area contributed by atoms with Crippen LogP contribution >= 0.6 is 0 Å². The Morgan fingerprint density at radius 1 is 0.889 bits per heavy atom. The van der Waals surface area contributed by atoms with Crippen LogP contribution in [0.4, 0.5) is 4.39 Å². The summed E-state index contributed by atoms with van der Waals surface area (Å²) in [5.41, 5.74) is 7.27. The molecule has 5 rings (SSSR count). The largest absolute Gasteiger partial charge is 0.338 e. The van der Waals surface area contributed by atoms with Crippen LogP contribution in [-0.4, -0.2) is 28.5 Å². The Bertz CT molecular complexity index is 1250. The predicted molar refractivity (Wildman–Crippen MR) is 146 cm³/mol. The number of rotatable bonds is 9. The number of aromatic amines is 1. The van der Waals surface area contributed by atoms with E-state index in [2.05, 4.69) is 70.4 Å². The van der Waals surface area contributed by atoms with Crippen molar-refractivity contribution in [1.29, 1.82) is 0 Å². The van der Waals surface area contributed by atoms with Gasteiger partial charge in [-0.2, -0.15) is 0 Å². The molecule has 1 aromatic heterocycles. The van der Waals surface area contributed by atoms with Gasteiger partial charge in [0.15, 0.2) is 0 Å². The van der Waals surface area contributed by atoms with Gasteiger partial charge in [-0.15, -0.1) is 0 Å². The smallest absolute Gasteiger partial charge is 0.137 e. The van der Waals surface area contributed by atoms with Gasteiger partial charge in [-0.05, 0) is 97.8 Å². The number of hydrogen-bond donors (Lipinski definition) is 1. The van der Waals surface area contributed by atoms with Crippen molar-refractivity contribution in [3.63, 3.8) is 0 Å². The quantitative estimate of drug-likeness (QED) is 0.263. The minimum atomic E-state index is -0.240. The number of H-pyrrole nitrogens is 1. The van der Waals surface area contributed by atoms with E-state index < -0.39 is 0 Å². The molecule has 1 aliphatic carbocycles. The third kappa shape index (κ3) is 6.30. The number of aryl methyl sites for hydroxylation is 1. The molecule has 3 aromatic carbocycles. The molecular formula is C32H36FN3. The van der Waals surface area contributed by atoms with Gasteiger partial charge < -0.3 is 9.88 Å².